The summed E-state index contributed by atoms with van der Waals surface area (Å²) >= 11 is 0. The van der Waals surface area contributed by atoms with E-state index in [-0.39, 0.29) is 30.8 Å². The van der Waals surface area contributed by atoms with Gasteiger partial charge in [0.2, 0.25) is 11.8 Å². The van der Waals surface area contributed by atoms with E-state index in [1.807, 2.05) is 12.1 Å². The molecule has 3 heterocycles. The molecule has 2 amide bonds. The second-order valence-electron chi connectivity index (χ2n) is 11.6. The Hall–Kier alpha value is -2.49. The SMILES string of the molecule is NC(=O)c1ccc(N2CCN(C3CCC3)CC2)cc1[C@@H](C(=O)N1C[C@H](N)[C@H]2OCC(=O)[C@H]21)C1CCCC1. The predicted octanol–water partition coefficient (Wildman–Crippen LogP) is 1.24. The second kappa shape index (κ2) is 10.0. The molecule has 0 unspecified atom stereocenters. The molecule has 37 heavy (non-hydrogen) atoms. The van der Waals surface area contributed by atoms with Crippen molar-refractivity contribution in [2.75, 3.05) is 44.2 Å². The Bertz CT molecular complexity index is 1060. The normalized spacial score (nSPS) is 30.0. The van der Waals surface area contributed by atoms with Crippen LogP contribution in [-0.2, 0) is 14.3 Å². The van der Waals surface area contributed by atoms with Crippen LogP contribution in [0, 0.1) is 5.92 Å². The van der Waals surface area contributed by atoms with E-state index in [1.165, 1.54) is 19.3 Å². The summed E-state index contributed by atoms with van der Waals surface area (Å²) in [6.07, 6.45) is 7.42. The van der Waals surface area contributed by atoms with Gasteiger partial charge in [-0.05, 0) is 55.4 Å². The van der Waals surface area contributed by atoms with E-state index in [1.54, 1.807) is 11.0 Å². The van der Waals surface area contributed by atoms with Crippen LogP contribution in [0.4, 0.5) is 5.69 Å². The van der Waals surface area contributed by atoms with Gasteiger partial charge >= 0.3 is 0 Å². The number of nitrogens with two attached hydrogens (primary N) is 2. The molecular weight excluding hydrogens is 470 g/mol. The van der Waals surface area contributed by atoms with E-state index in [0.717, 1.165) is 63.6 Å². The number of carbonyl (C=O) groups excluding carboxylic acids is 3. The average Bonchev–Trinajstić information content (AvgIpc) is 3.59. The highest BCUT2D eigenvalue weighted by molar-refractivity contribution is 5.99. The monoisotopic (exact) mass is 509 g/mol. The molecule has 4 atom stereocenters. The van der Waals surface area contributed by atoms with E-state index in [4.69, 9.17) is 16.2 Å². The highest BCUT2D eigenvalue weighted by Crippen LogP contribution is 2.42. The number of carbonyl (C=O) groups is 3. The van der Waals surface area contributed by atoms with E-state index in [9.17, 15) is 14.4 Å². The van der Waals surface area contributed by atoms with Crippen molar-refractivity contribution < 1.29 is 19.1 Å². The van der Waals surface area contributed by atoms with Crippen molar-refractivity contribution in [3.63, 3.8) is 0 Å². The quantitative estimate of drug-likeness (QED) is 0.592. The summed E-state index contributed by atoms with van der Waals surface area (Å²) in [5.41, 5.74) is 14.3. The average molecular weight is 510 g/mol. The molecule has 2 aliphatic carbocycles. The summed E-state index contributed by atoms with van der Waals surface area (Å²) in [4.78, 5) is 46.1. The van der Waals surface area contributed by atoms with Gasteiger partial charge in [-0.1, -0.05) is 19.3 Å². The fraction of sp³-hybridized carbons (Fsp3) is 0.679. The van der Waals surface area contributed by atoms with Crippen LogP contribution in [-0.4, -0.2) is 91.0 Å². The Morgan fingerprint density at radius 3 is 2.38 bits per heavy atom. The zero-order chi connectivity index (χ0) is 25.7. The van der Waals surface area contributed by atoms with Crippen molar-refractivity contribution in [3.05, 3.63) is 29.3 Å². The number of hydrogen-bond donors (Lipinski definition) is 2. The van der Waals surface area contributed by atoms with Crippen molar-refractivity contribution in [2.24, 2.45) is 17.4 Å². The van der Waals surface area contributed by atoms with Crippen molar-refractivity contribution in [1.29, 1.82) is 0 Å². The number of ketones is 1. The second-order valence-corrected chi connectivity index (χ2v) is 11.6. The molecule has 5 aliphatic rings. The smallest absolute Gasteiger partial charge is 0.249 e. The van der Waals surface area contributed by atoms with Crippen LogP contribution in [0.3, 0.4) is 0 Å². The highest BCUT2D eigenvalue weighted by Gasteiger charge is 2.53. The molecule has 0 spiro atoms. The molecule has 0 aromatic heterocycles. The summed E-state index contributed by atoms with van der Waals surface area (Å²) in [7, 11) is 0. The largest absolute Gasteiger partial charge is 0.369 e. The third kappa shape index (κ3) is 4.45. The lowest BCUT2D eigenvalue weighted by atomic mass is 9.80. The van der Waals surface area contributed by atoms with Gasteiger partial charge in [-0.25, -0.2) is 0 Å². The van der Waals surface area contributed by atoms with Crippen LogP contribution in [0.5, 0.6) is 0 Å². The first-order chi connectivity index (χ1) is 17.9. The van der Waals surface area contributed by atoms with Crippen molar-refractivity contribution in [1.82, 2.24) is 9.80 Å². The van der Waals surface area contributed by atoms with Crippen LogP contribution in [0.2, 0.25) is 0 Å². The van der Waals surface area contributed by atoms with Gasteiger partial charge in [0, 0.05) is 50.0 Å². The molecule has 2 saturated carbocycles. The summed E-state index contributed by atoms with van der Waals surface area (Å²) in [6, 6.07) is 5.50. The number of ether oxygens (including phenoxy) is 1. The zero-order valence-corrected chi connectivity index (χ0v) is 21.5. The molecule has 0 bridgehead atoms. The molecule has 0 radical (unpaired) electrons. The van der Waals surface area contributed by atoms with Crippen LogP contribution in [0.15, 0.2) is 18.2 Å². The maximum atomic E-state index is 14.3. The molecule has 1 aromatic carbocycles. The number of likely N-dealkylation sites (tertiary alicyclic amines) is 1. The van der Waals surface area contributed by atoms with E-state index >= 15 is 0 Å². The number of hydrogen-bond acceptors (Lipinski definition) is 7. The molecule has 3 saturated heterocycles. The molecule has 4 N–H and O–H groups in total. The van der Waals surface area contributed by atoms with Gasteiger partial charge in [0.1, 0.15) is 18.8 Å². The minimum Gasteiger partial charge on any atom is -0.369 e. The Labute approximate surface area is 218 Å². The van der Waals surface area contributed by atoms with Crippen LogP contribution in [0.25, 0.3) is 0 Å². The highest BCUT2D eigenvalue weighted by atomic mass is 16.5. The maximum absolute atomic E-state index is 14.3. The van der Waals surface area contributed by atoms with Gasteiger partial charge in [0.25, 0.3) is 0 Å². The molecular formula is C28H39N5O4. The molecule has 200 valence electrons. The zero-order valence-electron chi connectivity index (χ0n) is 21.5. The van der Waals surface area contributed by atoms with Crippen LogP contribution in [0.1, 0.15) is 66.8 Å². The summed E-state index contributed by atoms with van der Waals surface area (Å²) in [5.74, 6) is -1.17. The lowest BCUT2D eigenvalue weighted by molar-refractivity contribution is -0.138. The third-order valence-corrected chi connectivity index (χ3v) is 9.55. The summed E-state index contributed by atoms with van der Waals surface area (Å²) in [6.45, 7) is 4.18. The van der Waals surface area contributed by atoms with Gasteiger partial charge in [-0.15, -0.1) is 0 Å². The molecule has 5 fully saturated rings. The number of anilines is 1. The minimum absolute atomic E-state index is 0.00420. The fourth-order valence-electron chi connectivity index (χ4n) is 7.30. The van der Waals surface area contributed by atoms with E-state index < -0.39 is 30.0 Å². The van der Waals surface area contributed by atoms with Gasteiger partial charge in [0.15, 0.2) is 5.78 Å². The summed E-state index contributed by atoms with van der Waals surface area (Å²) < 4.78 is 5.64. The number of Topliss-reactive ketones (excluding diaryl/α,β-unsaturated/α-hetero) is 1. The first kappa shape index (κ1) is 24.8. The maximum Gasteiger partial charge on any atom is 0.249 e. The topological polar surface area (TPSA) is 122 Å². The predicted molar refractivity (Wildman–Crippen MR) is 139 cm³/mol. The first-order valence-electron chi connectivity index (χ1n) is 14.1. The molecule has 6 rings (SSSR count). The lowest BCUT2D eigenvalue weighted by Gasteiger charge is -2.43. The molecule has 9 heteroatoms. The Morgan fingerprint density at radius 2 is 1.73 bits per heavy atom. The third-order valence-electron chi connectivity index (χ3n) is 9.55. The standard InChI is InChI=1S/C28H39N5O4/c29-22-15-33(25-23(34)16-37-26(22)25)28(36)24(17-4-1-2-5-17)21-14-19(8-9-20(21)27(30)35)32-12-10-31(11-13-32)18-6-3-7-18/h8-9,14,17-18,22,24-26H,1-7,10-13,15-16,29H2,(H2,30,35)/t22-,24-,25+,26+/m0/s1. The molecule has 3 aliphatic heterocycles. The van der Waals surface area contributed by atoms with E-state index in [0.29, 0.717) is 11.1 Å². The summed E-state index contributed by atoms with van der Waals surface area (Å²) in [5, 5.41) is 0. The Balaban J connectivity index is 1.32. The number of rotatable bonds is 6. The number of fused-ring (bicyclic) bond motifs is 1. The van der Waals surface area contributed by atoms with Gasteiger partial charge in [-0.3, -0.25) is 19.3 Å². The van der Waals surface area contributed by atoms with Crippen LogP contribution < -0.4 is 16.4 Å². The van der Waals surface area contributed by atoms with Crippen molar-refractivity contribution >= 4 is 23.3 Å². The Kier molecular flexibility index (Phi) is 6.71. The Morgan fingerprint density at radius 1 is 1.00 bits per heavy atom. The number of benzene rings is 1. The van der Waals surface area contributed by atoms with Gasteiger partial charge in [0.05, 0.1) is 12.0 Å². The van der Waals surface area contributed by atoms with Crippen molar-refractivity contribution in [2.45, 2.75) is 75.1 Å². The molecule has 1 aromatic rings. The number of amides is 2. The first-order valence-corrected chi connectivity index (χ1v) is 14.1. The number of nitrogens with zero attached hydrogens (tertiary/aromatic N) is 3. The number of piperazine rings is 1. The lowest BCUT2D eigenvalue weighted by Crippen LogP contribution is -2.52. The minimum atomic E-state index is -0.633. The molecule has 9 nitrogen and oxygen atoms in total. The van der Waals surface area contributed by atoms with Gasteiger partial charge < -0.3 is 26.0 Å². The van der Waals surface area contributed by atoms with Gasteiger partial charge in [-0.2, -0.15) is 0 Å². The van der Waals surface area contributed by atoms with Crippen molar-refractivity contribution in [3.8, 4) is 0 Å². The number of primary amides is 1. The van der Waals surface area contributed by atoms with Crippen LogP contribution >= 0.6 is 0 Å². The fourth-order valence-corrected chi connectivity index (χ4v) is 7.30. The van der Waals surface area contributed by atoms with E-state index in [2.05, 4.69) is 9.80 Å².